The summed E-state index contributed by atoms with van der Waals surface area (Å²) in [6.07, 6.45) is 0.0380. The van der Waals surface area contributed by atoms with Gasteiger partial charge in [-0.25, -0.2) is 0 Å². The second kappa shape index (κ2) is 6.02. The lowest BCUT2D eigenvalue weighted by Crippen LogP contribution is -2.29. The van der Waals surface area contributed by atoms with Gasteiger partial charge in [0, 0.05) is 18.6 Å². The summed E-state index contributed by atoms with van der Waals surface area (Å²) in [4.78, 5) is 11.9. The van der Waals surface area contributed by atoms with Crippen molar-refractivity contribution in [2.24, 2.45) is 5.92 Å². The first kappa shape index (κ1) is 13.2. The lowest BCUT2D eigenvalue weighted by Gasteiger charge is -2.17. The van der Waals surface area contributed by atoms with Crippen molar-refractivity contribution in [3.63, 3.8) is 0 Å². The highest BCUT2D eigenvalue weighted by molar-refractivity contribution is 6.30. The minimum atomic E-state index is -0.334. The maximum Gasteiger partial charge on any atom is 0.166 e. The molecule has 0 aliphatic rings. The van der Waals surface area contributed by atoms with E-state index in [9.17, 15) is 4.79 Å². The number of benzene rings is 1. The fourth-order valence-electron chi connectivity index (χ4n) is 1.72. The summed E-state index contributed by atoms with van der Waals surface area (Å²) >= 11 is 5.86. The molecule has 1 aromatic rings. The van der Waals surface area contributed by atoms with Gasteiger partial charge >= 0.3 is 0 Å². The van der Waals surface area contributed by atoms with E-state index in [0.29, 0.717) is 11.4 Å². The summed E-state index contributed by atoms with van der Waals surface area (Å²) in [5, 5.41) is 0.656. The second-order valence-corrected chi connectivity index (χ2v) is 4.61. The Morgan fingerprint density at radius 2 is 2.12 bits per heavy atom. The molecule has 0 amide bonds. The molecule has 0 aromatic heterocycles. The van der Waals surface area contributed by atoms with Crippen LogP contribution in [0.3, 0.4) is 0 Å². The zero-order chi connectivity index (χ0) is 12.1. The summed E-state index contributed by atoms with van der Waals surface area (Å²) in [5.41, 5.74) is 0.931. The monoisotopic (exact) mass is 240 g/mol. The Morgan fingerprint density at radius 1 is 1.44 bits per heavy atom. The van der Waals surface area contributed by atoms with Crippen molar-refractivity contribution in [2.45, 2.75) is 26.4 Å². The van der Waals surface area contributed by atoms with Gasteiger partial charge in [0.15, 0.2) is 5.78 Å². The van der Waals surface area contributed by atoms with Crippen LogP contribution in [0, 0.1) is 5.92 Å². The first-order valence-electron chi connectivity index (χ1n) is 5.34. The lowest BCUT2D eigenvalue weighted by atomic mass is 9.98. The highest BCUT2D eigenvalue weighted by atomic mass is 35.5. The van der Waals surface area contributed by atoms with Crippen LogP contribution in [0.15, 0.2) is 24.3 Å². The molecule has 0 saturated carbocycles. The predicted octanol–water partition coefficient (Wildman–Crippen LogP) is 3.12. The number of ketones is 1. The van der Waals surface area contributed by atoms with Crippen LogP contribution in [0.2, 0.25) is 5.02 Å². The Balaban J connectivity index is 2.70. The first-order chi connectivity index (χ1) is 7.54. The first-order valence-corrected chi connectivity index (χ1v) is 5.72. The fourth-order valence-corrected chi connectivity index (χ4v) is 1.94. The van der Waals surface area contributed by atoms with E-state index in [1.54, 1.807) is 13.2 Å². The smallest absolute Gasteiger partial charge is 0.166 e. The number of methoxy groups -OCH3 is 1. The summed E-state index contributed by atoms with van der Waals surface area (Å²) in [6, 6.07) is 7.36. The number of hydrogen-bond acceptors (Lipinski definition) is 2. The predicted molar refractivity (Wildman–Crippen MR) is 65.8 cm³/mol. The molecule has 0 spiro atoms. The van der Waals surface area contributed by atoms with Gasteiger partial charge in [-0.3, -0.25) is 4.79 Å². The Labute approximate surface area is 102 Å². The minimum absolute atomic E-state index is 0.0970. The van der Waals surface area contributed by atoms with Gasteiger partial charge in [0.2, 0.25) is 0 Å². The highest BCUT2D eigenvalue weighted by Crippen LogP contribution is 2.14. The van der Waals surface area contributed by atoms with E-state index in [1.165, 1.54) is 0 Å². The largest absolute Gasteiger partial charge is 0.373 e. The third-order valence-corrected chi connectivity index (χ3v) is 2.68. The molecule has 0 fully saturated rings. The van der Waals surface area contributed by atoms with E-state index < -0.39 is 0 Å². The molecule has 0 radical (unpaired) electrons. The summed E-state index contributed by atoms with van der Waals surface area (Å²) in [5.74, 6) is 0.288. The molecular formula is C13H17ClO2. The molecule has 1 rings (SSSR count). The van der Waals surface area contributed by atoms with Crippen LogP contribution < -0.4 is 0 Å². The zero-order valence-electron chi connectivity index (χ0n) is 9.87. The second-order valence-electron chi connectivity index (χ2n) is 4.17. The number of halogens is 1. The van der Waals surface area contributed by atoms with Gasteiger partial charge in [0.05, 0.1) is 0 Å². The van der Waals surface area contributed by atoms with E-state index in [1.807, 2.05) is 32.0 Å². The Bertz CT molecular complexity index is 361. The number of Topliss-reactive ketones (excluding diaryl/α,β-unsaturated/α-hetero) is 1. The van der Waals surface area contributed by atoms with Crippen LogP contribution in [-0.4, -0.2) is 19.0 Å². The molecule has 88 valence electrons. The lowest BCUT2D eigenvalue weighted by molar-refractivity contribution is -0.130. The van der Waals surface area contributed by atoms with Gasteiger partial charge in [0.1, 0.15) is 6.10 Å². The molecule has 16 heavy (non-hydrogen) atoms. The van der Waals surface area contributed by atoms with Crippen molar-refractivity contribution in [3.05, 3.63) is 34.9 Å². The molecule has 1 aromatic carbocycles. The molecular weight excluding hydrogens is 224 g/mol. The van der Waals surface area contributed by atoms with Gasteiger partial charge < -0.3 is 4.74 Å². The Hall–Kier alpha value is -0.860. The Morgan fingerprint density at radius 3 is 2.62 bits per heavy atom. The van der Waals surface area contributed by atoms with Crippen LogP contribution in [0.4, 0.5) is 0 Å². The number of carbonyl (C=O) groups excluding carboxylic acids is 1. The van der Waals surface area contributed by atoms with E-state index >= 15 is 0 Å². The molecule has 0 aliphatic heterocycles. The quantitative estimate of drug-likeness (QED) is 0.791. The molecule has 0 heterocycles. The molecule has 2 nitrogen and oxygen atoms in total. The van der Waals surface area contributed by atoms with Crippen LogP contribution in [0.1, 0.15) is 19.4 Å². The molecule has 1 unspecified atom stereocenters. The van der Waals surface area contributed by atoms with Gasteiger partial charge in [-0.15, -0.1) is 0 Å². The molecule has 0 N–H and O–H groups in total. The van der Waals surface area contributed by atoms with Gasteiger partial charge in [-0.1, -0.05) is 37.6 Å². The van der Waals surface area contributed by atoms with E-state index in [0.717, 1.165) is 5.56 Å². The Kier molecular flexibility index (Phi) is 4.97. The van der Waals surface area contributed by atoms with Crippen molar-refractivity contribution in [3.8, 4) is 0 Å². The van der Waals surface area contributed by atoms with Gasteiger partial charge in [0.25, 0.3) is 0 Å². The van der Waals surface area contributed by atoms with Crippen LogP contribution in [0.25, 0.3) is 0 Å². The highest BCUT2D eigenvalue weighted by Gasteiger charge is 2.21. The summed E-state index contributed by atoms with van der Waals surface area (Å²) in [7, 11) is 1.57. The van der Waals surface area contributed by atoms with E-state index in [4.69, 9.17) is 16.3 Å². The number of carbonyl (C=O) groups is 1. The van der Waals surface area contributed by atoms with Crippen molar-refractivity contribution in [2.75, 3.05) is 7.11 Å². The van der Waals surface area contributed by atoms with Gasteiger partial charge in [-0.05, 0) is 23.6 Å². The third kappa shape index (κ3) is 3.62. The fraction of sp³-hybridized carbons (Fsp3) is 0.462. The SMILES string of the molecule is COC(C(=O)Cc1cccc(Cl)c1)C(C)C. The molecule has 0 saturated heterocycles. The van der Waals surface area contributed by atoms with Crippen LogP contribution in [-0.2, 0) is 16.0 Å². The maximum absolute atomic E-state index is 11.9. The van der Waals surface area contributed by atoms with E-state index in [-0.39, 0.29) is 17.8 Å². The number of rotatable bonds is 5. The molecule has 0 bridgehead atoms. The molecule has 1 atom stereocenters. The maximum atomic E-state index is 11.9. The normalized spacial score (nSPS) is 12.8. The van der Waals surface area contributed by atoms with Crippen LogP contribution >= 0.6 is 11.6 Å². The molecule has 0 aliphatic carbocycles. The van der Waals surface area contributed by atoms with Crippen molar-refractivity contribution in [1.29, 1.82) is 0 Å². The van der Waals surface area contributed by atoms with Gasteiger partial charge in [-0.2, -0.15) is 0 Å². The van der Waals surface area contributed by atoms with E-state index in [2.05, 4.69) is 0 Å². The average molecular weight is 241 g/mol. The summed E-state index contributed by atoms with van der Waals surface area (Å²) < 4.78 is 5.19. The van der Waals surface area contributed by atoms with Crippen molar-refractivity contribution >= 4 is 17.4 Å². The number of ether oxygens (including phenoxy) is 1. The third-order valence-electron chi connectivity index (χ3n) is 2.44. The zero-order valence-corrected chi connectivity index (χ0v) is 10.6. The summed E-state index contributed by atoms with van der Waals surface area (Å²) in [6.45, 7) is 3.95. The average Bonchev–Trinajstić information content (AvgIpc) is 2.17. The topological polar surface area (TPSA) is 26.3 Å². The standard InChI is InChI=1S/C13H17ClO2/c1-9(2)13(16-3)12(15)8-10-5-4-6-11(14)7-10/h4-7,9,13H,8H2,1-3H3. The van der Waals surface area contributed by atoms with Crippen molar-refractivity contribution in [1.82, 2.24) is 0 Å². The number of hydrogen-bond donors (Lipinski definition) is 0. The van der Waals surface area contributed by atoms with Crippen LogP contribution in [0.5, 0.6) is 0 Å². The van der Waals surface area contributed by atoms with Crippen molar-refractivity contribution < 1.29 is 9.53 Å². The minimum Gasteiger partial charge on any atom is -0.373 e. The molecule has 3 heteroatoms.